The number of benzene rings is 2. The summed E-state index contributed by atoms with van der Waals surface area (Å²) in [4.78, 5) is 20.0. The summed E-state index contributed by atoms with van der Waals surface area (Å²) in [6.07, 6.45) is 0.879. The van der Waals surface area contributed by atoms with E-state index in [2.05, 4.69) is 51.7 Å². The number of fused-ring (bicyclic) bond motifs is 1. The van der Waals surface area contributed by atoms with Gasteiger partial charge in [0.2, 0.25) is 0 Å². The molecule has 0 aliphatic carbocycles. The smallest absolute Gasteiger partial charge is 0.252 e. The highest BCUT2D eigenvalue weighted by molar-refractivity contribution is 8.01. The highest BCUT2D eigenvalue weighted by Crippen LogP contribution is 2.31. The highest BCUT2D eigenvalue weighted by atomic mass is 32.2. The van der Waals surface area contributed by atoms with Gasteiger partial charge in [-0.3, -0.25) is 4.79 Å². The molecule has 0 aliphatic heterocycles. The molecule has 4 aromatic rings. The van der Waals surface area contributed by atoms with Gasteiger partial charge in [0.05, 0.1) is 11.1 Å². The number of nitrogens with one attached hydrogen (secondary N) is 1. The lowest BCUT2D eigenvalue weighted by atomic mass is 10.1. The van der Waals surface area contributed by atoms with Crippen molar-refractivity contribution in [2.24, 2.45) is 0 Å². The maximum atomic E-state index is 13.0. The minimum absolute atomic E-state index is 0.0791. The predicted octanol–water partition coefficient (Wildman–Crippen LogP) is 4.80. The summed E-state index contributed by atoms with van der Waals surface area (Å²) in [7, 11) is 2.10. The van der Waals surface area contributed by atoms with Crippen molar-refractivity contribution in [2.45, 2.75) is 29.3 Å². The first kappa shape index (κ1) is 22.4. The van der Waals surface area contributed by atoms with Gasteiger partial charge in [-0.15, -0.1) is 10.2 Å². The molecule has 0 aliphatic rings. The van der Waals surface area contributed by atoms with Gasteiger partial charge in [-0.25, -0.2) is 4.98 Å². The Hall–Kier alpha value is -2.81. The maximum absolute atomic E-state index is 13.0. The van der Waals surface area contributed by atoms with Crippen LogP contribution >= 0.6 is 23.1 Å². The summed E-state index contributed by atoms with van der Waals surface area (Å²) in [6.45, 7) is 4.34. The number of para-hydroxylation sites is 1. The SMILES string of the molecule is Cc1nnc(Sc2cc(C(=O)NCCCN(C)Cc3ccccc3)c3ccccc3n2)s1. The molecule has 0 saturated carbocycles. The average molecular weight is 464 g/mol. The Morgan fingerprint density at radius 1 is 1.09 bits per heavy atom. The van der Waals surface area contributed by atoms with Crippen molar-refractivity contribution < 1.29 is 4.79 Å². The monoisotopic (exact) mass is 463 g/mol. The normalized spacial score (nSPS) is 11.2. The van der Waals surface area contributed by atoms with Crippen molar-refractivity contribution in [3.05, 3.63) is 76.8 Å². The number of amides is 1. The zero-order valence-corrected chi connectivity index (χ0v) is 19.7. The molecule has 1 N–H and O–H groups in total. The first-order valence-corrected chi connectivity index (χ1v) is 12.1. The Balaban J connectivity index is 1.38. The number of nitrogens with zero attached hydrogens (tertiary/aromatic N) is 4. The molecule has 0 atom stereocenters. The number of hydrogen-bond acceptors (Lipinski definition) is 7. The third-order valence-electron chi connectivity index (χ3n) is 4.93. The van der Waals surface area contributed by atoms with Crippen LogP contribution in [0, 0.1) is 6.92 Å². The molecule has 4 rings (SSSR count). The van der Waals surface area contributed by atoms with Crippen molar-refractivity contribution in [1.82, 2.24) is 25.4 Å². The Labute approximate surface area is 196 Å². The molecule has 2 aromatic heterocycles. The fraction of sp³-hybridized carbons (Fsp3) is 0.250. The third-order valence-corrected chi connectivity index (χ3v) is 6.74. The Morgan fingerprint density at radius 3 is 2.66 bits per heavy atom. The van der Waals surface area contributed by atoms with Gasteiger partial charge in [-0.05, 0) is 56.4 Å². The summed E-state index contributed by atoms with van der Waals surface area (Å²) >= 11 is 2.95. The Bertz CT molecular complexity index is 1200. The van der Waals surface area contributed by atoms with E-state index in [0.717, 1.165) is 44.8 Å². The number of pyridine rings is 1. The maximum Gasteiger partial charge on any atom is 0.252 e. The van der Waals surface area contributed by atoms with Gasteiger partial charge in [-0.1, -0.05) is 59.9 Å². The second kappa shape index (κ2) is 10.7. The van der Waals surface area contributed by atoms with Crippen LogP contribution in [0.25, 0.3) is 10.9 Å². The first-order chi connectivity index (χ1) is 15.6. The van der Waals surface area contributed by atoms with Crippen molar-refractivity contribution in [3.63, 3.8) is 0 Å². The molecular formula is C24H25N5OS2. The van der Waals surface area contributed by atoms with Gasteiger partial charge in [-0.2, -0.15) is 0 Å². The molecule has 2 heterocycles. The lowest BCUT2D eigenvalue weighted by Crippen LogP contribution is -2.28. The Kier molecular flexibility index (Phi) is 7.47. The molecule has 2 aromatic carbocycles. The second-order valence-corrected chi connectivity index (χ2v) is 10.00. The molecule has 1 amide bonds. The van der Waals surface area contributed by atoms with E-state index in [9.17, 15) is 4.79 Å². The quantitative estimate of drug-likeness (QED) is 0.360. The molecule has 0 fully saturated rings. The summed E-state index contributed by atoms with van der Waals surface area (Å²) < 4.78 is 0.818. The van der Waals surface area contributed by atoms with Crippen LogP contribution in [0.2, 0.25) is 0 Å². The van der Waals surface area contributed by atoms with E-state index in [1.165, 1.54) is 28.7 Å². The number of aryl methyl sites for hydroxylation is 1. The molecule has 0 bridgehead atoms. The topological polar surface area (TPSA) is 71.0 Å². The number of carbonyl (C=O) groups excluding carboxylic acids is 1. The number of carbonyl (C=O) groups is 1. The van der Waals surface area contributed by atoms with Crippen molar-refractivity contribution in [2.75, 3.05) is 20.1 Å². The van der Waals surface area contributed by atoms with Gasteiger partial charge in [0.15, 0.2) is 4.34 Å². The van der Waals surface area contributed by atoms with E-state index in [1.807, 2.05) is 43.3 Å². The second-order valence-electron chi connectivity index (χ2n) is 7.55. The minimum Gasteiger partial charge on any atom is -0.352 e. The number of aromatic nitrogens is 3. The molecule has 0 unspecified atom stereocenters. The molecule has 0 spiro atoms. The van der Waals surface area contributed by atoms with Crippen molar-refractivity contribution >= 4 is 39.9 Å². The van der Waals surface area contributed by atoms with Gasteiger partial charge < -0.3 is 10.2 Å². The lowest BCUT2D eigenvalue weighted by molar-refractivity contribution is 0.0953. The summed E-state index contributed by atoms with van der Waals surface area (Å²) in [5, 5.41) is 13.8. The van der Waals surface area contributed by atoms with E-state index in [4.69, 9.17) is 4.98 Å². The number of rotatable bonds is 9. The van der Waals surface area contributed by atoms with Gasteiger partial charge in [0, 0.05) is 18.5 Å². The minimum atomic E-state index is -0.0791. The van der Waals surface area contributed by atoms with Crippen LogP contribution in [0.15, 0.2) is 70.0 Å². The summed E-state index contributed by atoms with van der Waals surface area (Å²) in [6, 6.07) is 20.0. The van der Waals surface area contributed by atoms with Gasteiger partial charge >= 0.3 is 0 Å². The van der Waals surface area contributed by atoms with Crippen LogP contribution in [-0.2, 0) is 6.54 Å². The standard InChI is InChI=1S/C24H25N5OS2/c1-17-27-28-24(31-17)32-22-15-20(19-11-6-7-12-21(19)26-22)23(30)25-13-8-14-29(2)16-18-9-4-3-5-10-18/h3-7,9-12,15H,8,13-14,16H2,1-2H3,(H,25,30). The molecule has 32 heavy (non-hydrogen) atoms. The summed E-state index contributed by atoms with van der Waals surface area (Å²) in [5.41, 5.74) is 2.72. The van der Waals surface area contributed by atoms with E-state index in [-0.39, 0.29) is 5.91 Å². The van der Waals surface area contributed by atoms with Crippen LogP contribution in [0.3, 0.4) is 0 Å². The van der Waals surface area contributed by atoms with E-state index in [0.29, 0.717) is 12.1 Å². The van der Waals surface area contributed by atoms with Crippen molar-refractivity contribution in [1.29, 1.82) is 0 Å². The highest BCUT2D eigenvalue weighted by Gasteiger charge is 2.14. The van der Waals surface area contributed by atoms with Gasteiger partial charge in [0.1, 0.15) is 10.0 Å². The van der Waals surface area contributed by atoms with Gasteiger partial charge in [0.25, 0.3) is 5.91 Å². The third kappa shape index (κ3) is 5.91. The fourth-order valence-corrected chi connectivity index (χ4v) is 5.20. The molecular weight excluding hydrogens is 438 g/mol. The van der Waals surface area contributed by atoms with E-state index >= 15 is 0 Å². The molecule has 164 valence electrons. The molecule has 6 nitrogen and oxygen atoms in total. The van der Waals surface area contributed by atoms with Crippen LogP contribution in [-0.4, -0.2) is 46.1 Å². The first-order valence-electron chi connectivity index (χ1n) is 10.5. The largest absolute Gasteiger partial charge is 0.352 e. The van der Waals surface area contributed by atoms with Crippen LogP contribution in [0.5, 0.6) is 0 Å². The van der Waals surface area contributed by atoms with Crippen LogP contribution < -0.4 is 5.32 Å². The van der Waals surface area contributed by atoms with E-state index < -0.39 is 0 Å². The van der Waals surface area contributed by atoms with E-state index in [1.54, 1.807) is 0 Å². The molecule has 8 heteroatoms. The van der Waals surface area contributed by atoms with Crippen molar-refractivity contribution in [3.8, 4) is 0 Å². The lowest BCUT2D eigenvalue weighted by Gasteiger charge is -2.17. The predicted molar refractivity (Wildman–Crippen MR) is 130 cm³/mol. The van der Waals surface area contributed by atoms with Crippen LogP contribution in [0.4, 0.5) is 0 Å². The number of hydrogen-bond donors (Lipinski definition) is 1. The summed E-state index contributed by atoms with van der Waals surface area (Å²) in [5.74, 6) is -0.0791. The zero-order chi connectivity index (χ0) is 22.3. The fourth-order valence-electron chi connectivity index (χ4n) is 3.42. The van der Waals surface area contributed by atoms with Crippen LogP contribution in [0.1, 0.15) is 27.3 Å². The average Bonchev–Trinajstić information content (AvgIpc) is 3.21. The molecule has 0 radical (unpaired) electrons. The Morgan fingerprint density at radius 2 is 1.88 bits per heavy atom. The molecule has 0 saturated heterocycles. The zero-order valence-electron chi connectivity index (χ0n) is 18.1.